The van der Waals surface area contributed by atoms with Gasteiger partial charge in [0.1, 0.15) is 11.4 Å². The van der Waals surface area contributed by atoms with Crippen LogP contribution >= 0.6 is 15.9 Å². The molecule has 3 rings (SSSR count). The highest BCUT2D eigenvalue weighted by atomic mass is 79.9. The quantitative estimate of drug-likeness (QED) is 0.626. The van der Waals surface area contributed by atoms with Gasteiger partial charge in [0.15, 0.2) is 5.76 Å². The van der Waals surface area contributed by atoms with Crippen molar-refractivity contribution in [2.24, 2.45) is 0 Å². The standard InChI is InChI=1S/C16H10BrFO2/c1-9-11-7-6-10(18)8-14(11)20-16(9)15(19)12-4-2-3-5-13(12)17/h2-8H,1H3. The summed E-state index contributed by atoms with van der Waals surface area (Å²) in [6, 6.07) is 11.4. The number of hydrogen-bond donors (Lipinski definition) is 0. The third-order valence-corrected chi connectivity index (χ3v) is 3.92. The van der Waals surface area contributed by atoms with E-state index < -0.39 is 0 Å². The zero-order valence-corrected chi connectivity index (χ0v) is 12.2. The van der Waals surface area contributed by atoms with E-state index >= 15 is 0 Å². The normalized spacial score (nSPS) is 10.9. The third kappa shape index (κ3) is 2.06. The number of furan rings is 1. The maximum absolute atomic E-state index is 13.2. The van der Waals surface area contributed by atoms with E-state index in [0.29, 0.717) is 15.6 Å². The Labute approximate surface area is 123 Å². The second-order valence-electron chi connectivity index (χ2n) is 4.51. The van der Waals surface area contributed by atoms with Crippen LogP contribution in [0.15, 0.2) is 51.4 Å². The molecule has 0 spiro atoms. The fourth-order valence-corrected chi connectivity index (χ4v) is 2.65. The summed E-state index contributed by atoms with van der Waals surface area (Å²) in [5, 5.41) is 0.752. The predicted molar refractivity (Wildman–Crippen MR) is 78.5 cm³/mol. The van der Waals surface area contributed by atoms with Crippen molar-refractivity contribution in [1.29, 1.82) is 0 Å². The molecule has 100 valence electrons. The van der Waals surface area contributed by atoms with Crippen molar-refractivity contribution in [1.82, 2.24) is 0 Å². The highest BCUT2D eigenvalue weighted by Gasteiger charge is 2.20. The van der Waals surface area contributed by atoms with Gasteiger partial charge in [-0.25, -0.2) is 4.39 Å². The molecule has 0 radical (unpaired) electrons. The molecule has 0 N–H and O–H groups in total. The molecule has 2 nitrogen and oxygen atoms in total. The molecule has 1 aromatic heterocycles. The third-order valence-electron chi connectivity index (χ3n) is 3.22. The second-order valence-corrected chi connectivity index (χ2v) is 5.36. The summed E-state index contributed by atoms with van der Waals surface area (Å²) >= 11 is 3.35. The highest BCUT2D eigenvalue weighted by Crippen LogP contribution is 2.29. The van der Waals surface area contributed by atoms with Crippen molar-refractivity contribution >= 4 is 32.7 Å². The number of carbonyl (C=O) groups excluding carboxylic acids is 1. The maximum atomic E-state index is 13.2. The van der Waals surface area contributed by atoms with E-state index in [1.807, 2.05) is 6.07 Å². The van der Waals surface area contributed by atoms with Crippen molar-refractivity contribution in [3.05, 3.63) is 69.6 Å². The molecule has 0 saturated heterocycles. The van der Waals surface area contributed by atoms with Gasteiger partial charge in [-0.2, -0.15) is 0 Å². The van der Waals surface area contributed by atoms with Gasteiger partial charge in [0, 0.05) is 27.1 Å². The fraction of sp³-hybridized carbons (Fsp3) is 0.0625. The van der Waals surface area contributed by atoms with Crippen LogP contribution in [0, 0.1) is 12.7 Å². The van der Waals surface area contributed by atoms with Gasteiger partial charge in [-0.1, -0.05) is 28.1 Å². The number of carbonyl (C=O) groups is 1. The predicted octanol–water partition coefficient (Wildman–Crippen LogP) is 4.87. The minimum atomic E-state index is -0.383. The first kappa shape index (κ1) is 13.1. The van der Waals surface area contributed by atoms with Gasteiger partial charge >= 0.3 is 0 Å². The van der Waals surface area contributed by atoms with Crippen LogP contribution in [0.3, 0.4) is 0 Å². The monoisotopic (exact) mass is 332 g/mol. The first-order valence-electron chi connectivity index (χ1n) is 6.06. The van der Waals surface area contributed by atoms with Crippen LogP contribution in [0.4, 0.5) is 4.39 Å². The van der Waals surface area contributed by atoms with Gasteiger partial charge in [0.2, 0.25) is 5.78 Å². The van der Waals surface area contributed by atoms with Gasteiger partial charge in [0.05, 0.1) is 0 Å². The molecule has 0 aliphatic heterocycles. The zero-order chi connectivity index (χ0) is 14.3. The van der Waals surface area contributed by atoms with Crippen LogP contribution in [0.25, 0.3) is 11.0 Å². The van der Waals surface area contributed by atoms with Gasteiger partial charge < -0.3 is 4.42 Å². The van der Waals surface area contributed by atoms with E-state index in [4.69, 9.17) is 4.42 Å². The summed E-state index contributed by atoms with van der Waals surface area (Å²) in [4.78, 5) is 12.5. The van der Waals surface area contributed by atoms with Crippen LogP contribution in [-0.2, 0) is 0 Å². The number of ketones is 1. The number of benzene rings is 2. The Balaban J connectivity index is 2.18. The molecule has 0 saturated carbocycles. The first-order chi connectivity index (χ1) is 9.58. The van der Waals surface area contributed by atoms with Crippen molar-refractivity contribution in [3.63, 3.8) is 0 Å². The molecule has 0 unspecified atom stereocenters. The summed E-state index contributed by atoms with van der Waals surface area (Å²) in [7, 11) is 0. The number of fused-ring (bicyclic) bond motifs is 1. The Bertz CT molecular complexity index is 820. The van der Waals surface area contributed by atoms with E-state index in [1.165, 1.54) is 12.1 Å². The smallest absolute Gasteiger partial charge is 0.229 e. The lowest BCUT2D eigenvalue weighted by atomic mass is 10.0. The first-order valence-corrected chi connectivity index (χ1v) is 6.85. The van der Waals surface area contributed by atoms with Crippen LogP contribution in [0.1, 0.15) is 21.7 Å². The summed E-state index contributed by atoms with van der Waals surface area (Å²) in [6.07, 6.45) is 0. The summed E-state index contributed by atoms with van der Waals surface area (Å²) in [5.41, 5.74) is 1.63. The molecule has 0 bridgehead atoms. The van der Waals surface area contributed by atoms with E-state index in [9.17, 15) is 9.18 Å². The lowest BCUT2D eigenvalue weighted by Gasteiger charge is -2.01. The Morgan fingerprint density at radius 2 is 1.95 bits per heavy atom. The molecule has 20 heavy (non-hydrogen) atoms. The van der Waals surface area contributed by atoms with E-state index in [-0.39, 0.29) is 17.4 Å². The molecule has 2 aromatic carbocycles. The topological polar surface area (TPSA) is 30.2 Å². The van der Waals surface area contributed by atoms with Crippen molar-refractivity contribution in [3.8, 4) is 0 Å². The van der Waals surface area contributed by atoms with E-state index in [2.05, 4.69) is 15.9 Å². The molecular weight excluding hydrogens is 323 g/mol. The fourth-order valence-electron chi connectivity index (χ4n) is 2.18. The maximum Gasteiger partial charge on any atom is 0.229 e. The molecule has 0 fully saturated rings. The summed E-state index contributed by atoms with van der Waals surface area (Å²) in [5.74, 6) is -0.352. The van der Waals surface area contributed by atoms with Gasteiger partial charge in [-0.15, -0.1) is 0 Å². The molecular formula is C16H10BrFO2. The van der Waals surface area contributed by atoms with Crippen molar-refractivity contribution in [2.75, 3.05) is 0 Å². The largest absolute Gasteiger partial charge is 0.452 e. The molecule has 0 amide bonds. The molecule has 0 atom stereocenters. The van der Waals surface area contributed by atoms with Crippen molar-refractivity contribution in [2.45, 2.75) is 6.92 Å². The molecule has 0 aliphatic carbocycles. The van der Waals surface area contributed by atoms with Crippen LogP contribution < -0.4 is 0 Å². The molecule has 0 aliphatic rings. The SMILES string of the molecule is Cc1c(C(=O)c2ccccc2Br)oc2cc(F)ccc12. The van der Waals surface area contributed by atoms with Crippen LogP contribution in [-0.4, -0.2) is 5.78 Å². The van der Waals surface area contributed by atoms with E-state index in [0.717, 1.165) is 10.9 Å². The van der Waals surface area contributed by atoms with E-state index in [1.54, 1.807) is 31.2 Å². The highest BCUT2D eigenvalue weighted by molar-refractivity contribution is 9.10. The number of aryl methyl sites for hydroxylation is 1. The van der Waals surface area contributed by atoms with Gasteiger partial charge in [-0.3, -0.25) is 4.79 Å². The number of hydrogen-bond acceptors (Lipinski definition) is 2. The van der Waals surface area contributed by atoms with Crippen LogP contribution in [0.2, 0.25) is 0 Å². The molecule has 1 heterocycles. The molecule has 3 aromatic rings. The number of halogens is 2. The lowest BCUT2D eigenvalue weighted by Crippen LogP contribution is -2.02. The Hall–Kier alpha value is -1.94. The summed E-state index contributed by atoms with van der Waals surface area (Å²) < 4.78 is 19.5. The van der Waals surface area contributed by atoms with Gasteiger partial charge in [-0.05, 0) is 31.2 Å². The minimum Gasteiger partial charge on any atom is -0.452 e. The second kappa shape index (κ2) is 4.87. The minimum absolute atomic E-state index is 0.216. The Kier molecular flexibility index (Phi) is 3.18. The summed E-state index contributed by atoms with van der Waals surface area (Å²) in [6.45, 7) is 1.80. The lowest BCUT2D eigenvalue weighted by molar-refractivity contribution is 0.101. The average Bonchev–Trinajstić information content (AvgIpc) is 2.75. The van der Waals surface area contributed by atoms with Gasteiger partial charge in [0.25, 0.3) is 0 Å². The van der Waals surface area contributed by atoms with Crippen LogP contribution in [0.5, 0.6) is 0 Å². The molecule has 4 heteroatoms. The van der Waals surface area contributed by atoms with Crippen molar-refractivity contribution < 1.29 is 13.6 Å². The Morgan fingerprint density at radius 3 is 2.70 bits per heavy atom. The Morgan fingerprint density at radius 1 is 1.20 bits per heavy atom. The average molecular weight is 333 g/mol. The zero-order valence-electron chi connectivity index (χ0n) is 10.6. The number of rotatable bonds is 2.